The molecule has 0 amide bonds. The molecule has 0 saturated heterocycles. The third-order valence-corrected chi connectivity index (χ3v) is 3.07. The molecule has 4 nitrogen and oxygen atoms in total. The van der Waals surface area contributed by atoms with E-state index in [0.717, 1.165) is 18.7 Å². The van der Waals surface area contributed by atoms with Crippen molar-refractivity contribution in [1.82, 2.24) is 14.8 Å². The zero-order valence-electron chi connectivity index (χ0n) is 8.28. The van der Waals surface area contributed by atoms with Gasteiger partial charge in [0, 0.05) is 12.5 Å². The summed E-state index contributed by atoms with van der Waals surface area (Å²) in [4.78, 5) is 0. The normalized spacial score (nSPS) is 21.5. The van der Waals surface area contributed by atoms with Gasteiger partial charge in [-0.05, 0) is 19.8 Å². The van der Waals surface area contributed by atoms with E-state index in [1.807, 2.05) is 18.5 Å². The molecule has 0 bridgehead atoms. The number of aryl methyl sites for hydroxylation is 1. The van der Waals surface area contributed by atoms with Gasteiger partial charge in [-0.1, -0.05) is 6.92 Å². The van der Waals surface area contributed by atoms with E-state index in [2.05, 4.69) is 17.1 Å². The standard InChI is InChI=1S/C9H15N3O/c1-6-10-11-8(12(6)3)7(13)9(2)4-5-9/h7,13H,4-5H2,1-3H3. The van der Waals surface area contributed by atoms with Crippen LogP contribution >= 0.6 is 0 Å². The number of rotatable bonds is 2. The fourth-order valence-corrected chi connectivity index (χ4v) is 1.44. The summed E-state index contributed by atoms with van der Waals surface area (Å²) >= 11 is 0. The SMILES string of the molecule is Cc1nnc(C(O)C2(C)CC2)n1C. The molecule has 2 rings (SSSR count). The van der Waals surface area contributed by atoms with Gasteiger partial charge in [-0.25, -0.2) is 0 Å². The second-order valence-corrected chi connectivity index (χ2v) is 4.22. The van der Waals surface area contributed by atoms with E-state index in [0.29, 0.717) is 5.82 Å². The van der Waals surface area contributed by atoms with Crippen molar-refractivity contribution in [3.05, 3.63) is 11.6 Å². The van der Waals surface area contributed by atoms with Crippen molar-refractivity contribution >= 4 is 0 Å². The number of hydrogen-bond donors (Lipinski definition) is 1. The Bertz CT molecular complexity index is 328. The lowest BCUT2D eigenvalue weighted by Crippen LogP contribution is -2.15. The number of aliphatic hydroxyl groups is 1. The van der Waals surface area contributed by atoms with Crippen LogP contribution in [0, 0.1) is 12.3 Å². The van der Waals surface area contributed by atoms with E-state index in [4.69, 9.17) is 0 Å². The van der Waals surface area contributed by atoms with Crippen molar-refractivity contribution in [3.8, 4) is 0 Å². The Kier molecular flexibility index (Phi) is 1.70. The monoisotopic (exact) mass is 181 g/mol. The summed E-state index contributed by atoms with van der Waals surface area (Å²) in [5, 5.41) is 17.9. The minimum absolute atomic E-state index is 0.0488. The number of aliphatic hydroxyl groups excluding tert-OH is 1. The van der Waals surface area contributed by atoms with Gasteiger partial charge >= 0.3 is 0 Å². The summed E-state index contributed by atoms with van der Waals surface area (Å²) in [5.74, 6) is 1.54. The van der Waals surface area contributed by atoms with Crippen molar-refractivity contribution in [1.29, 1.82) is 0 Å². The van der Waals surface area contributed by atoms with Gasteiger partial charge in [0.2, 0.25) is 0 Å². The van der Waals surface area contributed by atoms with E-state index in [9.17, 15) is 5.11 Å². The van der Waals surface area contributed by atoms with Crippen molar-refractivity contribution in [3.63, 3.8) is 0 Å². The molecule has 4 heteroatoms. The molecule has 0 aromatic carbocycles. The summed E-state index contributed by atoms with van der Waals surface area (Å²) in [6, 6.07) is 0. The molecule has 1 heterocycles. The summed E-state index contributed by atoms with van der Waals surface area (Å²) in [6.07, 6.45) is 1.71. The molecule has 0 aliphatic heterocycles. The molecule has 1 fully saturated rings. The van der Waals surface area contributed by atoms with E-state index < -0.39 is 6.10 Å². The van der Waals surface area contributed by atoms with Crippen LogP contribution < -0.4 is 0 Å². The van der Waals surface area contributed by atoms with E-state index >= 15 is 0 Å². The van der Waals surface area contributed by atoms with Crippen molar-refractivity contribution < 1.29 is 5.11 Å². The minimum atomic E-state index is -0.460. The maximum Gasteiger partial charge on any atom is 0.162 e. The third-order valence-electron chi connectivity index (χ3n) is 3.07. The predicted molar refractivity (Wildman–Crippen MR) is 48.0 cm³/mol. The Balaban J connectivity index is 2.30. The maximum atomic E-state index is 9.99. The van der Waals surface area contributed by atoms with Gasteiger partial charge in [-0.2, -0.15) is 0 Å². The van der Waals surface area contributed by atoms with E-state index in [1.165, 1.54) is 0 Å². The van der Waals surface area contributed by atoms with Crippen molar-refractivity contribution in [2.45, 2.75) is 32.8 Å². The average molecular weight is 181 g/mol. The van der Waals surface area contributed by atoms with Crippen LogP contribution in [0.1, 0.15) is 37.5 Å². The van der Waals surface area contributed by atoms with Crippen LogP contribution in [0.4, 0.5) is 0 Å². The Morgan fingerprint density at radius 1 is 1.46 bits per heavy atom. The summed E-state index contributed by atoms with van der Waals surface area (Å²) in [5.41, 5.74) is 0.0488. The Morgan fingerprint density at radius 2 is 2.08 bits per heavy atom. The predicted octanol–water partition coefficient (Wildman–Crippen LogP) is 0.957. The molecule has 0 spiro atoms. The van der Waals surface area contributed by atoms with E-state index in [-0.39, 0.29) is 5.41 Å². The first-order valence-electron chi connectivity index (χ1n) is 4.58. The molecule has 1 aliphatic rings. The topological polar surface area (TPSA) is 50.9 Å². The maximum absolute atomic E-state index is 9.99. The smallest absolute Gasteiger partial charge is 0.162 e. The largest absolute Gasteiger partial charge is 0.385 e. The lowest BCUT2D eigenvalue weighted by atomic mass is 10.0. The van der Waals surface area contributed by atoms with Gasteiger partial charge < -0.3 is 9.67 Å². The molecular formula is C9H15N3O. The molecule has 0 radical (unpaired) electrons. The van der Waals surface area contributed by atoms with Gasteiger partial charge in [0.15, 0.2) is 5.82 Å². The van der Waals surface area contributed by atoms with Gasteiger partial charge in [-0.3, -0.25) is 0 Å². The van der Waals surface area contributed by atoms with Crippen LogP contribution in [0.5, 0.6) is 0 Å². The van der Waals surface area contributed by atoms with Crippen molar-refractivity contribution in [2.24, 2.45) is 12.5 Å². The molecule has 1 atom stereocenters. The fourth-order valence-electron chi connectivity index (χ4n) is 1.44. The van der Waals surface area contributed by atoms with E-state index in [1.54, 1.807) is 0 Å². The quantitative estimate of drug-likeness (QED) is 0.739. The summed E-state index contributed by atoms with van der Waals surface area (Å²) < 4.78 is 1.86. The first-order chi connectivity index (χ1) is 6.04. The highest BCUT2D eigenvalue weighted by molar-refractivity contribution is 5.06. The Morgan fingerprint density at radius 3 is 2.46 bits per heavy atom. The van der Waals surface area contributed by atoms with Crippen LogP contribution in [0.25, 0.3) is 0 Å². The summed E-state index contributed by atoms with van der Waals surface area (Å²) in [6.45, 7) is 3.97. The molecule has 1 aliphatic carbocycles. The molecule has 1 N–H and O–H groups in total. The van der Waals surface area contributed by atoms with Gasteiger partial charge in [0.25, 0.3) is 0 Å². The number of nitrogens with zero attached hydrogens (tertiary/aromatic N) is 3. The zero-order valence-corrected chi connectivity index (χ0v) is 8.28. The van der Waals surface area contributed by atoms with Crippen LogP contribution in [0.2, 0.25) is 0 Å². The molecule has 72 valence electrons. The van der Waals surface area contributed by atoms with Crippen molar-refractivity contribution in [2.75, 3.05) is 0 Å². The molecular weight excluding hydrogens is 166 g/mol. The third kappa shape index (κ3) is 1.25. The highest BCUT2D eigenvalue weighted by Crippen LogP contribution is 2.53. The molecule has 1 saturated carbocycles. The average Bonchev–Trinajstić information content (AvgIpc) is 2.76. The Hall–Kier alpha value is -0.900. The van der Waals surface area contributed by atoms with Crippen LogP contribution in [0.3, 0.4) is 0 Å². The second-order valence-electron chi connectivity index (χ2n) is 4.22. The first-order valence-corrected chi connectivity index (χ1v) is 4.58. The van der Waals surface area contributed by atoms with Crippen LogP contribution in [-0.2, 0) is 7.05 Å². The molecule has 13 heavy (non-hydrogen) atoms. The minimum Gasteiger partial charge on any atom is -0.385 e. The number of hydrogen-bond acceptors (Lipinski definition) is 3. The summed E-state index contributed by atoms with van der Waals surface area (Å²) in [7, 11) is 1.89. The van der Waals surface area contributed by atoms with Gasteiger partial charge in [0.05, 0.1) is 0 Å². The fraction of sp³-hybridized carbons (Fsp3) is 0.778. The van der Waals surface area contributed by atoms with Gasteiger partial charge in [0.1, 0.15) is 11.9 Å². The zero-order chi connectivity index (χ0) is 9.64. The lowest BCUT2D eigenvalue weighted by molar-refractivity contribution is 0.0915. The lowest BCUT2D eigenvalue weighted by Gasteiger charge is -2.16. The first kappa shape index (κ1) is 8.69. The molecule has 1 unspecified atom stereocenters. The molecule has 1 aromatic rings. The Labute approximate surface area is 77.6 Å². The number of aromatic nitrogens is 3. The second kappa shape index (κ2) is 2.54. The highest BCUT2D eigenvalue weighted by atomic mass is 16.3. The highest BCUT2D eigenvalue weighted by Gasteiger charge is 2.46. The van der Waals surface area contributed by atoms with Gasteiger partial charge in [-0.15, -0.1) is 10.2 Å². The molecule has 1 aromatic heterocycles. The van der Waals surface area contributed by atoms with Crippen LogP contribution in [0.15, 0.2) is 0 Å². The van der Waals surface area contributed by atoms with Crippen LogP contribution in [-0.4, -0.2) is 19.9 Å².